The Morgan fingerprint density at radius 2 is 1.77 bits per heavy atom. The first-order valence-corrected chi connectivity index (χ1v) is 9.34. The maximum Gasteiger partial charge on any atom is 0.422 e. The highest BCUT2D eigenvalue weighted by Gasteiger charge is 2.28. The number of amides is 2. The molecule has 0 bridgehead atoms. The number of pyridine rings is 1. The van der Waals surface area contributed by atoms with Crippen LogP contribution in [0.25, 0.3) is 10.6 Å². The minimum atomic E-state index is -4.49. The van der Waals surface area contributed by atoms with Gasteiger partial charge in [-0.25, -0.2) is 9.97 Å². The molecule has 2 N–H and O–H groups in total. The number of hydrogen-bond acceptors (Lipinski definition) is 6. The van der Waals surface area contributed by atoms with E-state index >= 15 is 0 Å². The predicted molar refractivity (Wildman–Crippen MR) is 103 cm³/mol. The molecule has 11 heteroatoms. The maximum atomic E-state index is 12.4. The van der Waals surface area contributed by atoms with E-state index in [-0.39, 0.29) is 11.4 Å². The number of nitrogens with zero attached hydrogens (tertiary/aromatic N) is 2. The zero-order valence-electron chi connectivity index (χ0n) is 15.5. The van der Waals surface area contributed by atoms with Crippen molar-refractivity contribution in [3.05, 3.63) is 64.8 Å². The summed E-state index contributed by atoms with van der Waals surface area (Å²) in [6, 6.07) is 11.7. The number of carbonyl (C=O) groups excluding carboxylic acids is 2. The lowest BCUT2D eigenvalue weighted by atomic mass is 10.2. The van der Waals surface area contributed by atoms with Gasteiger partial charge < -0.3 is 4.74 Å². The molecule has 0 spiro atoms. The standard InChI is InChI=1S/C19H15F3N4O3S/c1-11-15(30-18(24-11)12-5-3-2-4-6-12)17(28)26-25-16(27)13-7-8-14(23-9-13)29-10-19(20,21)22/h2-9H,10H2,1H3,(H,25,27)(H,26,28). The number of hydrazine groups is 1. The molecule has 0 atom stereocenters. The van der Waals surface area contributed by atoms with Gasteiger partial charge in [-0.15, -0.1) is 11.3 Å². The van der Waals surface area contributed by atoms with E-state index in [4.69, 9.17) is 0 Å². The van der Waals surface area contributed by atoms with E-state index in [0.717, 1.165) is 17.8 Å². The lowest BCUT2D eigenvalue weighted by molar-refractivity contribution is -0.154. The summed E-state index contributed by atoms with van der Waals surface area (Å²) >= 11 is 1.18. The second-order valence-corrected chi connectivity index (χ2v) is 7.00. The minimum Gasteiger partial charge on any atom is -0.468 e. The highest BCUT2D eigenvalue weighted by molar-refractivity contribution is 7.17. The largest absolute Gasteiger partial charge is 0.468 e. The molecule has 30 heavy (non-hydrogen) atoms. The van der Waals surface area contributed by atoms with Crippen LogP contribution in [-0.4, -0.2) is 34.6 Å². The first kappa shape index (κ1) is 21.2. The van der Waals surface area contributed by atoms with Crippen molar-refractivity contribution in [3.63, 3.8) is 0 Å². The second-order valence-electron chi connectivity index (χ2n) is 6.00. The van der Waals surface area contributed by atoms with Crippen molar-refractivity contribution < 1.29 is 27.5 Å². The molecule has 0 aliphatic carbocycles. The van der Waals surface area contributed by atoms with E-state index in [1.54, 1.807) is 6.92 Å². The number of aromatic nitrogens is 2. The first-order valence-electron chi connectivity index (χ1n) is 8.52. The van der Waals surface area contributed by atoms with Gasteiger partial charge >= 0.3 is 6.18 Å². The van der Waals surface area contributed by atoms with Crippen molar-refractivity contribution in [3.8, 4) is 16.5 Å². The van der Waals surface area contributed by atoms with E-state index in [9.17, 15) is 22.8 Å². The number of carbonyl (C=O) groups is 2. The summed E-state index contributed by atoms with van der Waals surface area (Å²) < 4.78 is 40.9. The molecular formula is C19H15F3N4O3S. The van der Waals surface area contributed by atoms with Crippen molar-refractivity contribution >= 4 is 23.2 Å². The van der Waals surface area contributed by atoms with Crippen molar-refractivity contribution in [2.75, 3.05) is 6.61 Å². The second kappa shape index (κ2) is 8.91. The van der Waals surface area contributed by atoms with E-state index in [0.29, 0.717) is 15.6 Å². The number of halogens is 3. The summed E-state index contributed by atoms with van der Waals surface area (Å²) in [6.45, 7) is 0.198. The van der Waals surface area contributed by atoms with Crippen molar-refractivity contribution in [2.45, 2.75) is 13.1 Å². The summed E-state index contributed by atoms with van der Waals surface area (Å²) in [4.78, 5) is 32.8. The van der Waals surface area contributed by atoms with Crippen molar-refractivity contribution in [2.24, 2.45) is 0 Å². The Balaban J connectivity index is 1.58. The van der Waals surface area contributed by atoms with Crippen LogP contribution in [0.4, 0.5) is 13.2 Å². The lowest BCUT2D eigenvalue weighted by Crippen LogP contribution is -2.41. The third kappa shape index (κ3) is 5.54. The Kier molecular flexibility index (Phi) is 6.31. The summed E-state index contributed by atoms with van der Waals surface area (Å²) in [5.74, 6) is -1.51. The molecule has 2 amide bonds. The van der Waals surface area contributed by atoms with Crippen LogP contribution in [0, 0.1) is 6.92 Å². The fraction of sp³-hybridized carbons (Fsp3) is 0.158. The van der Waals surface area contributed by atoms with E-state index in [2.05, 4.69) is 25.6 Å². The number of hydrogen-bond donors (Lipinski definition) is 2. The number of ether oxygens (including phenoxy) is 1. The number of thiazole rings is 1. The normalized spacial score (nSPS) is 11.1. The molecule has 0 fully saturated rings. The topological polar surface area (TPSA) is 93.2 Å². The summed E-state index contributed by atoms with van der Waals surface area (Å²) in [7, 11) is 0. The molecule has 0 aliphatic heterocycles. The third-order valence-electron chi connectivity index (χ3n) is 3.70. The number of benzene rings is 1. The zero-order valence-corrected chi connectivity index (χ0v) is 16.3. The number of alkyl halides is 3. The van der Waals surface area contributed by atoms with E-state index < -0.39 is 24.6 Å². The third-order valence-corrected chi connectivity index (χ3v) is 4.90. The van der Waals surface area contributed by atoms with Crippen LogP contribution in [0.3, 0.4) is 0 Å². The molecule has 2 aromatic heterocycles. The molecule has 3 aromatic rings. The Labute approximate surface area is 172 Å². The number of rotatable bonds is 5. The Bertz CT molecular complexity index is 1040. The zero-order chi connectivity index (χ0) is 21.7. The lowest BCUT2D eigenvalue weighted by Gasteiger charge is -2.09. The molecule has 0 saturated carbocycles. The van der Waals surface area contributed by atoms with Crippen molar-refractivity contribution in [1.29, 1.82) is 0 Å². The van der Waals surface area contributed by atoms with Gasteiger partial charge in [-0.2, -0.15) is 13.2 Å². The van der Waals surface area contributed by atoms with Crippen LogP contribution < -0.4 is 15.6 Å². The average molecular weight is 436 g/mol. The smallest absolute Gasteiger partial charge is 0.422 e. The van der Waals surface area contributed by atoms with Gasteiger partial charge in [0.2, 0.25) is 5.88 Å². The number of nitrogens with one attached hydrogen (secondary N) is 2. The SMILES string of the molecule is Cc1nc(-c2ccccc2)sc1C(=O)NNC(=O)c1ccc(OCC(F)(F)F)nc1. The summed E-state index contributed by atoms with van der Waals surface area (Å²) in [6.07, 6.45) is -3.45. The number of aryl methyl sites for hydroxylation is 1. The fourth-order valence-corrected chi connectivity index (χ4v) is 3.28. The van der Waals surface area contributed by atoms with Gasteiger partial charge in [-0.3, -0.25) is 20.4 Å². The van der Waals surface area contributed by atoms with Gasteiger partial charge in [-0.1, -0.05) is 30.3 Å². The quantitative estimate of drug-likeness (QED) is 0.597. The molecule has 3 rings (SSSR count). The van der Waals surface area contributed by atoms with Crippen LogP contribution in [0.1, 0.15) is 25.7 Å². The molecule has 7 nitrogen and oxygen atoms in total. The van der Waals surface area contributed by atoms with Gasteiger partial charge in [0.25, 0.3) is 11.8 Å². The fourth-order valence-electron chi connectivity index (χ4n) is 2.31. The molecule has 0 aliphatic rings. The maximum absolute atomic E-state index is 12.4. The van der Waals surface area contributed by atoms with Gasteiger partial charge in [0, 0.05) is 17.8 Å². The predicted octanol–water partition coefficient (Wildman–Crippen LogP) is 3.53. The minimum absolute atomic E-state index is 0.0284. The molecule has 0 saturated heterocycles. The van der Waals surface area contributed by atoms with Gasteiger partial charge in [0.15, 0.2) is 6.61 Å². The van der Waals surface area contributed by atoms with Crippen LogP contribution >= 0.6 is 11.3 Å². The summed E-state index contributed by atoms with van der Waals surface area (Å²) in [5, 5.41) is 0.670. The molecule has 0 radical (unpaired) electrons. The van der Waals surface area contributed by atoms with Crippen LogP contribution in [0.5, 0.6) is 5.88 Å². The highest BCUT2D eigenvalue weighted by Crippen LogP contribution is 2.27. The Morgan fingerprint density at radius 1 is 1.07 bits per heavy atom. The Morgan fingerprint density at radius 3 is 2.40 bits per heavy atom. The van der Waals surface area contributed by atoms with Gasteiger partial charge in [0.05, 0.1) is 11.3 Å². The first-order chi connectivity index (χ1) is 14.2. The molecule has 1 aromatic carbocycles. The molecular weight excluding hydrogens is 421 g/mol. The molecule has 0 unspecified atom stereocenters. The highest BCUT2D eigenvalue weighted by atomic mass is 32.1. The van der Waals surface area contributed by atoms with Crippen LogP contribution in [0.15, 0.2) is 48.7 Å². The monoisotopic (exact) mass is 436 g/mol. The van der Waals surface area contributed by atoms with E-state index in [1.807, 2.05) is 30.3 Å². The molecule has 156 valence electrons. The van der Waals surface area contributed by atoms with Gasteiger partial charge in [-0.05, 0) is 13.0 Å². The Hall–Kier alpha value is -3.47. The average Bonchev–Trinajstić information content (AvgIpc) is 3.12. The van der Waals surface area contributed by atoms with Crippen LogP contribution in [-0.2, 0) is 0 Å². The summed E-state index contributed by atoms with van der Waals surface area (Å²) in [5.41, 5.74) is 5.92. The van der Waals surface area contributed by atoms with Crippen LogP contribution in [0.2, 0.25) is 0 Å². The molecule has 2 heterocycles. The van der Waals surface area contributed by atoms with E-state index in [1.165, 1.54) is 17.4 Å². The van der Waals surface area contributed by atoms with Gasteiger partial charge in [0.1, 0.15) is 9.88 Å². The van der Waals surface area contributed by atoms with Crippen molar-refractivity contribution in [1.82, 2.24) is 20.8 Å².